The molecule has 1 heterocycles. The van der Waals surface area contributed by atoms with Crippen molar-refractivity contribution in [3.63, 3.8) is 0 Å². The van der Waals surface area contributed by atoms with Gasteiger partial charge in [0.1, 0.15) is 11.4 Å². The average Bonchev–Trinajstić information content (AvgIpc) is 2.75. The third-order valence-corrected chi connectivity index (χ3v) is 6.36. The summed E-state index contributed by atoms with van der Waals surface area (Å²) >= 11 is 0. The van der Waals surface area contributed by atoms with Gasteiger partial charge in [0.25, 0.3) is 5.91 Å². The van der Waals surface area contributed by atoms with Crippen molar-refractivity contribution in [3.05, 3.63) is 24.3 Å². The van der Waals surface area contributed by atoms with E-state index in [-0.39, 0.29) is 5.91 Å². The first-order valence-corrected chi connectivity index (χ1v) is 11.5. The van der Waals surface area contributed by atoms with Gasteiger partial charge >= 0.3 is 0 Å². The molecule has 1 saturated carbocycles. The van der Waals surface area contributed by atoms with E-state index in [1.165, 1.54) is 32.4 Å². The first-order valence-electron chi connectivity index (χ1n) is 11.5. The Morgan fingerprint density at radius 3 is 2.48 bits per heavy atom. The number of carbonyl (C=O) groups excluding carboxylic acids is 1. The minimum Gasteiger partial charge on any atom is -0.494 e. The van der Waals surface area contributed by atoms with Crippen LogP contribution in [0.25, 0.3) is 0 Å². The molecule has 2 fully saturated rings. The van der Waals surface area contributed by atoms with E-state index in [0.717, 1.165) is 56.7 Å². The second-order valence-corrected chi connectivity index (χ2v) is 8.69. The van der Waals surface area contributed by atoms with E-state index in [1.54, 1.807) is 0 Å². The first kappa shape index (κ1) is 22.1. The molecule has 1 aromatic rings. The van der Waals surface area contributed by atoms with Crippen LogP contribution in [0.3, 0.4) is 0 Å². The summed E-state index contributed by atoms with van der Waals surface area (Å²) in [6.45, 7) is 9.09. The number of ether oxygens (including phenoxy) is 2. The van der Waals surface area contributed by atoms with Crippen LogP contribution in [0.1, 0.15) is 65.2 Å². The number of piperidine rings is 1. The molecule has 0 aromatic heterocycles. The number of carbonyl (C=O) groups is 1. The van der Waals surface area contributed by atoms with Gasteiger partial charge in [-0.2, -0.15) is 0 Å². The summed E-state index contributed by atoms with van der Waals surface area (Å²) in [4.78, 5) is 15.5. The van der Waals surface area contributed by atoms with Crippen molar-refractivity contribution < 1.29 is 14.3 Å². The predicted molar refractivity (Wildman–Crippen MR) is 117 cm³/mol. The fraction of sp³-hybridized carbons (Fsp3) is 0.708. The summed E-state index contributed by atoms with van der Waals surface area (Å²) in [7, 11) is 0. The lowest BCUT2D eigenvalue weighted by Crippen LogP contribution is -2.48. The Kier molecular flexibility index (Phi) is 8.37. The Morgan fingerprint density at radius 2 is 1.83 bits per heavy atom. The molecule has 0 atom stereocenters. The molecule has 1 saturated heterocycles. The predicted octanol–water partition coefficient (Wildman–Crippen LogP) is 4.87. The molecular formula is C24H38N2O3. The Labute approximate surface area is 176 Å². The second-order valence-electron chi connectivity index (χ2n) is 8.69. The maximum Gasteiger partial charge on any atom is 0.256 e. The largest absolute Gasteiger partial charge is 0.494 e. The van der Waals surface area contributed by atoms with Gasteiger partial charge in [-0.25, -0.2) is 0 Å². The molecule has 5 heteroatoms. The highest BCUT2D eigenvalue weighted by Crippen LogP contribution is 2.36. The summed E-state index contributed by atoms with van der Waals surface area (Å²) in [6.07, 6.45) is 8.76. The van der Waals surface area contributed by atoms with Crippen molar-refractivity contribution in [1.29, 1.82) is 0 Å². The van der Waals surface area contributed by atoms with E-state index in [0.29, 0.717) is 12.5 Å². The third-order valence-electron chi connectivity index (χ3n) is 6.36. The topological polar surface area (TPSA) is 50.8 Å². The van der Waals surface area contributed by atoms with Crippen molar-refractivity contribution in [3.8, 4) is 5.75 Å². The molecule has 1 aliphatic carbocycles. The highest BCUT2D eigenvalue weighted by Gasteiger charge is 2.41. The normalized spacial score (nSPS) is 25.5. The van der Waals surface area contributed by atoms with Crippen molar-refractivity contribution in [2.75, 3.05) is 38.2 Å². The quantitative estimate of drug-likeness (QED) is 0.599. The van der Waals surface area contributed by atoms with Crippen LogP contribution in [0.4, 0.5) is 5.69 Å². The van der Waals surface area contributed by atoms with Crippen molar-refractivity contribution in [2.24, 2.45) is 5.92 Å². The van der Waals surface area contributed by atoms with Gasteiger partial charge in [0.05, 0.1) is 6.61 Å². The minimum atomic E-state index is -0.676. The minimum absolute atomic E-state index is 0.0125. The monoisotopic (exact) mass is 402 g/mol. The van der Waals surface area contributed by atoms with E-state index < -0.39 is 5.60 Å². The lowest BCUT2D eigenvalue weighted by Gasteiger charge is -2.37. The number of rotatable bonds is 9. The molecule has 1 aliphatic heterocycles. The molecule has 29 heavy (non-hydrogen) atoms. The number of hydrogen-bond acceptors (Lipinski definition) is 4. The second kappa shape index (κ2) is 11.0. The Bertz CT molecular complexity index is 618. The molecule has 3 rings (SSSR count). The van der Waals surface area contributed by atoms with Crippen molar-refractivity contribution in [1.82, 2.24) is 4.90 Å². The highest BCUT2D eigenvalue weighted by atomic mass is 16.5. The third kappa shape index (κ3) is 6.45. The number of nitrogens with one attached hydrogen (secondary N) is 1. The van der Waals surface area contributed by atoms with Crippen LogP contribution < -0.4 is 10.1 Å². The van der Waals surface area contributed by atoms with Gasteiger partial charge in [0.15, 0.2) is 0 Å². The lowest BCUT2D eigenvalue weighted by atomic mass is 9.78. The fourth-order valence-electron chi connectivity index (χ4n) is 4.48. The standard InChI is InChI=1S/C24H38N2O3/c1-3-29-24(14-12-20(2)13-15-24)23(27)25-21-8-10-22(11-9-21)28-19-7-18-26-16-5-4-6-17-26/h8-11,20H,3-7,12-19H2,1-2H3,(H,25,27). The summed E-state index contributed by atoms with van der Waals surface area (Å²) in [5.41, 5.74) is 0.124. The Morgan fingerprint density at radius 1 is 1.14 bits per heavy atom. The van der Waals surface area contributed by atoms with Crippen LogP contribution in [0.2, 0.25) is 0 Å². The fourth-order valence-corrected chi connectivity index (χ4v) is 4.48. The first-order chi connectivity index (χ1) is 14.1. The summed E-state index contributed by atoms with van der Waals surface area (Å²) in [5.74, 6) is 1.51. The SMILES string of the molecule is CCOC1(C(=O)Nc2ccc(OCCCN3CCCCC3)cc2)CCC(C)CC1. The van der Waals surface area contributed by atoms with Crippen molar-refractivity contribution >= 4 is 11.6 Å². The van der Waals surface area contributed by atoms with Crippen LogP contribution >= 0.6 is 0 Å². The molecule has 1 amide bonds. The van der Waals surface area contributed by atoms with Crippen LogP contribution in [-0.2, 0) is 9.53 Å². The van der Waals surface area contributed by atoms with Crippen LogP contribution in [0, 0.1) is 5.92 Å². The summed E-state index contributed by atoms with van der Waals surface area (Å²) in [5, 5.41) is 3.06. The zero-order valence-corrected chi connectivity index (χ0v) is 18.3. The van der Waals surface area contributed by atoms with E-state index in [1.807, 2.05) is 31.2 Å². The molecule has 1 N–H and O–H groups in total. The van der Waals surface area contributed by atoms with Crippen LogP contribution in [0.5, 0.6) is 5.75 Å². The van der Waals surface area contributed by atoms with Crippen molar-refractivity contribution in [2.45, 2.75) is 70.8 Å². The molecule has 0 bridgehead atoms. The average molecular weight is 403 g/mol. The number of amides is 1. The highest BCUT2D eigenvalue weighted by molar-refractivity contribution is 5.97. The summed E-state index contributed by atoms with van der Waals surface area (Å²) in [6, 6.07) is 7.71. The number of benzene rings is 1. The van der Waals surface area contributed by atoms with Gasteiger partial charge in [-0.1, -0.05) is 13.3 Å². The Balaban J connectivity index is 1.44. The maximum absolute atomic E-state index is 13.0. The smallest absolute Gasteiger partial charge is 0.256 e. The molecule has 0 radical (unpaired) electrons. The molecule has 2 aliphatic rings. The van der Waals surface area contributed by atoms with Gasteiger partial charge in [0, 0.05) is 18.8 Å². The molecule has 0 spiro atoms. The van der Waals surface area contributed by atoms with Crippen LogP contribution in [-0.4, -0.2) is 49.3 Å². The van der Waals surface area contributed by atoms with E-state index >= 15 is 0 Å². The molecule has 162 valence electrons. The lowest BCUT2D eigenvalue weighted by molar-refractivity contribution is -0.146. The zero-order valence-electron chi connectivity index (χ0n) is 18.3. The number of hydrogen-bond donors (Lipinski definition) is 1. The number of likely N-dealkylation sites (tertiary alicyclic amines) is 1. The molecule has 5 nitrogen and oxygen atoms in total. The summed E-state index contributed by atoms with van der Waals surface area (Å²) < 4.78 is 11.8. The molecule has 0 unspecified atom stereocenters. The Hall–Kier alpha value is -1.59. The van der Waals surface area contributed by atoms with Gasteiger partial charge in [-0.15, -0.1) is 0 Å². The van der Waals surface area contributed by atoms with Gasteiger partial charge in [0.2, 0.25) is 0 Å². The molecular weight excluding hydrogens is 364 g/mol. The van der Waals surface area contributed by atoms with Gasteiger partial charge < -0.3 is 19.7 Å². The van der Waals surface area contributed by atoms with Crippen LogP contribution in [0.15, 0.2) is 24.3 Å². The number of nitrogens with zero attached hydrogens (tertiary/aromatic N) is 1. The van der Waals surface area contributed by atoms with E-state index in [2.05, 4.69) is 17.1 Å². The number of anilines is 1. The maximum atomic E-state index is 13.0. The van der Waals surface area contributed by atoms with E-state index in [4.69, 9.17) is 9.47 Å². The van der Waals surface area contributed by atoms with E-state index in [9.17, 15) is 4.79 Å². The zero-order chi connectivity index (χ0) is 20.5. The molecule has 1 aromatic carbocycles. The van der Waals surface area contributed by atoms with Gasteiger partial charge in [-0.3, -0.25) is 4.79 Å². The van der Waals surface area contributed by atoms with Gasteiger partial charge in [-0.05, 0) is 95.1 Å².